The number of hydrogen-bond donors (Lipinski definition) is 1. The van der Waals surface area contributed by atoms with Gasteiger partial charge in [0.2, 0.25) is 0 Å². The fraction of sp³-hybridized carbons (Fsp3) is 0.750. The molecular formula is C8H17O5P. The second-order valence-corrected chi connectivity index (χ2v) is 4.37. The predicted molar refractivity (Wildman–Crippen MR) is 52.8 cm³/mol. The molecule has 0 spiro atoms. The van der Waals surface area contributed by atoms with Gasteiger partial charge in [-0.2, -0.15) is 0 Å². The van der Waals surface area contributed by atoms with E-state index < -0.39 is 14.1 Å². The van der Waals surface area contributed by atoms with E-state index in [-0.39, 0.29) is 6.61 Å². The Bertz CT molecular complexity index is 220. The molecule has 6 heteroatoms. The summed E-state index contributed by atoms with van der Waals surface area (Å²) in [4.78, 5) is 8.76. The first kappa shape index (κ1) is 13.8. The predicted octanol–water partition coefficient (Wildman–Crippen LogP) is 2.08. The van der Waals surface area contributed by atoms with Gasteiger partial charge in [0.05, 0.1) is 6.61 Å². The van der Waals surface area contributed by atoms with Crippen molar-refractivity contribution in [1.29, 1.82) is 0 Å². The van der Waals surface area contributed by atoms with Gasteiger partial charge >= 0.3 is 7.82 Å². The molecular weight excluding hydrogens is 207 g/mol. The molecule has 1 aliphatic rings. The molecule has 84 valence electrons. The third-order valence-electron chi connectivity index (χ3n) is 0.846. The maximum atomic E-state index is 10.7. The van der Waals surface area contributed by atoms with Crippen LogP contribution in [-0.2, 0) is 18.3 Å². The number of phosphoric acid groups is 1. The summed E-state index contributed by atoms with van der Waals surface area (Å²) < 4.78 is 24.1. The molecule has 1 fully saturated rings. The molecule has 2 atom stereocenters. The molecule has 1 N–H and O–H groups in total. The lowest BCUT2D eigenvalue weighted by molar-refractivity contribution is 0.102. The van der Waals surface area contributed by atoms with Gasteiger partial charge in [0, 0.05) is 0 Å². The number of rotatable bonds is 4. The average molecular weight is 224 g/mol. The number of ether oxygens (including phenoxy) is 1. The van der Waals surface area contributed by atoms with E-state index >= 15 is 0 Å². The Labute approximate surface area is 84.3 Å². The molecule has 5 nitrogen and oxygen atoms in total. The van der Waals surface area contributed by atoms with Crippen molar-refractivity contribution in [2.45, 2.75) is 27.1 Å². The molecule has 0 bridgehead atoms. The lowest BCUT2D eigenvalue weighted by Crippen LogP contribution is -1.96. The molecule has 0 aromatic heterocycles. The molecule has 2 unspecified atom stereocenters. The summed E-state index contributed by atoms with van der Waals surface area (Å²) >= 11 is 0. The van der Waals surface area contributed by atoms with E-state index in [1.54, 1.807) is 6.92 Å². The minimum absolute atomic E-state index is 0.153. The highest BCUT2D eigenvalue weighted by Gasteiger charge is 2.34. The Morgan fingerprint density at radius 3 is 2.43 bits per heavy atom. The summed E-state index contributed by atoms with van der Waals surface area (Å²) in [5.41, 5.74) is 1.17. The quantitative estimate of drug-likeness (QED) is 0.449. The topological polar surface area (TPSA) is 68.3 Å². The minimum Gasteiger partial charge on any atom is -0.344 e. The van der Waals surface area contributed by atoms with Gasteiger partial charge in [-0.3, -0.25) is 9.05 Å². The molecule has 1 aliphatic heterocycles. The maximum Gasteiger partial charge on any atom is 0.474 e. The van der Waals surface area contributed by atoms with Gasteiger partial charge in [0.25, 0.3) is 0 Å². The van der Waals surface area contributed by atoms with E-state index in [0.717, 1.165) is 0 Å². The van der Waals surface area contributed by atoms with Gasteiger partial charge in [-0.15, -0.1) is 6.58 Å². The van der Waals surface area contributed by atoms with Crippen molar-refractivity contribution in [3.8, 4) is 0 Å². The molecule has 1 heterocycles. The highest BCUT2D eigenvalue weighted by molar-refractivity contribution is 7.47. The highest BCUT2D eigenvalue weighted by atomic mass is 31.2. The molecule has 1 rings (SSSR count). The summed E-state index contributed by atoms with van der Waals surface area (Å²) in [6.07, 6.45) is -0.539. The maximum absolute atomic E-state index is 10.7. The van der Waals surface area contributed by atoms with Gasteiger partial charge in [-0.05, 0) is 20.8 Å². The Morgan fingerprint density at radius 2 is 2.14 bits per heavy atom. The van der Waals surface area contributed by atoms with Crippen molar-refractivity contribution in [3.05, 3.63) is 12.2 Å². The van der Waals surface area contributed by atoms with E-state index in [1.165, 1.54) is 5.57 Å². The van der Waals surface area contributed by atoms with E-state index in [4.69, 9.17) is 4.89 Å². The van der Waals surface area contributed by atoms with Crippen LogP contribution in [-0.4, -0.2) is 24.4 Å². The van der Waals surface area contributed by atoms with Crippen LogP contribution in [0, 0.1) is 0 Å². The fourth-order valence-electron chi connectivity index (χ4n) is 0.442. The van der Waals surface area contributed by atoms with E-state index in [9.17, 15) is 4.57 Å². The summed E-state index contributed by atoms with van der Waals surface area (Å²) in [6, 6.07) is 0. The van der Waals surface area contributed by atoms with Crippen LogP contribution in [0.2, 0.25) is 0 Å². The zero-order chi connectivity index (χ0) is 11.2. The van der Waals surface area contributed by atoms with Crippen LogP contribution in [0.3, 0.4) is 0 Å². The number of phosphoric ester groups is 1. The van der Waals surface area contributed by atoms with Gasteiger partial charge in [0.1, 0.15) is 6.61 Å². The van der Waals surface area contributed by atoms with Crippen molar-refractivity contribution in [2.24, 2.45) is 0 Å². The Morgan fingerprint density at radius 1 is 1.71 bits per heavy atom. The molecule has 0 radical (unpaired) electrons. The highest BCUT2D eigenvalue weighted by Crippen LogP contribution is 2.46. The van der Waals surface area contributed by atoms with Crippen LogP contribution in [0.5, 0.6) is 0 Å². The number of epoxide rings is 1. The molecule has 0 aromatic rings. The second kappa shape index (κ2) is 6.32. The second-order valence-electron chi connectivity index (χ2n) is 2.96. The van der Waals surface area contributed by atoms with Gasteiger partial charge in [-0.1, -0.05) is 5.57 Å². The standard InChI is InChI=1S/C4H9O5P.C4H8/c1-2-8-10(5,6)9-4-3-7-4;1-4(2)3/h4H,2-3H2,1H3,(H,5,6);1H2,2-3H3. The van der Waals surface area contributed by atoms with E-state index in [0.29, 0.717) is 6.61 Å². The minimum atomic E-state index is -3.81. The van der Waals surface area contributed by atoms with Crippen LogP contribution < -0.4 is 0 Å². The average Bonchev–Trinajstić information content (AvgIpc) is 2.68. The third kappa shape index (κ3) is 9.89. The van der Waals surface area contributed by atoms with Gasteiger partial charge < -0.3 is 9.63 Å². The SMILES string of the molecule is C=C(C)C.CCOP(=O)(O)OC1CO1. The van der Waals surface area contributed by atoms with E-state index in [1.807, 2.05) is 13.8 Å². The summed E-state index contributed by atoms with van der Waals surface area (Å²) in [5, 5.41) is 0. The lowest BCUT2D eigenvalue weighted by atomic mass is 10.4. The summed E-state index contributed by atoms with van der Waals surface area (Å²) in [5.74, 6) is 0. The monoisotopic (exact) mass is 224 g/mol. The van der Waals surface area contributed by atoms with Crippen LogP contribution in [0.25, 0.3) is 0 Å². The van der Waals surface area contributed by atoms with Crippen LogP contribution in [0.4, 0.5) is 0 Å². The Kier molecular flexibility index (Phi) is 6.24. The summed E-state index contributed by atoms with van der Waals surface area (Å²) in [6.45, 7) is 9.64. The first-order valence-corrected chi connectivity index (χ1v) is 5.76. The van der Waals surface area contributed by atoms with Crippen molar-refractivity contribution >= 4 is 7.82 Å². The molecule has 0 aliphatic carbocycles. The third-order valence-corrected chi connectivity index (χ3v) is 1.93. The Balaban J connectivity index is 0.000000364. The van der Waals surface area contributed by atoms with E-state index in [2.05, 4.69) is 20.4 Å². The molecule has 0 aromatic carbocycles. The number of allylic oxidation sites excluding steroid dienone is 1. The summed E-state index contributed by atoms with van der Waals surface area (Å²) in [7, 11) is -3.81. The van der Waals surface area contributed by atoms with Crippen molar-refractivity contribution in [2.75, 3.05) is 13.2 Å². The van der Waals surface area contributed by atoms with Crippen LogP contribution in [0.1, 0.15) is 20.8 Å². The van der Waals surface area contributed by atoms with Crippen molar-refractivity contribution in [1.82, 2.24) is 0 Å². The zero-order valence-corrected chi connectivity index (χ0v) is 9.62. The zero-order valence-electron chi connectivity index (χ0n) is 8.73. The van der Waals surface area contributed by atoms with Crippen LogP contribution >= 0.6 is 7.82 Å². The van der Waals surface area contributed by atoms with Gasteiger partial charge in [0.15, 0.2) is 6.29 Å². The first-order chi connectivity index (χ1) is 6.37. The smallest absolute Gasteiger partial charge is 0.344 e. The molecule has 0 amide bonds. The lowest BCUT2D eigenvalue weighted by Gasteiger charge is -2.07. The molecule has 0 saturated carbocycles. The first-order valence-electron chi connectivity index (χ1n) is 4.27. The molecule has 1 saturated heterocycles. The van der Waals surface area contributed by atoms with Crippen molar-refractivity contribution in [3.63, 3.8) is 0 Å². The Hall–Kier alpha value is -0.190. The molecule has 14 heavy (non-hydrogen) atoms. The van der Waals surface area contributed by atoms with Crippen LogP contribution in [0.15, 0.2) is 12.2 Å². The normalized spacial score (nSPS) is 23.0. The largest absolute Gasteiger partial charge is 0.474 e. The van der Waals surface area contributed by atoms with Crippen molar-refractivity contribution < 1.29 is 23.2 Å². The fourth-order valence-corrected chi connectivity index (χ4v) is 1.25. The number of hydrogen-bond acceptors (Lipinski definition) is 4. The van der Waals surface area contributed by atoms with Gasteiger partial charge in [-0.25, -0.2) is 4.57 Å².